The molecule has 0 aromatic heterocycles. The predicted molar refractivity (Wildman–Crippen MR) is 69.5 cm³/mol. The van der Waals surface area contributed by atoms with Crippen LogP contribution in [0.15, 0.2) is 22.7 Å². The summed E-state index contributed by atoms with van der Waals surface area (Å²) in [7, 11) is 0. The second-order valence-electron chi connectivity index (χ2n) is 3.88. The largest absolute Gasteiger partial charge is 0.466 e. The lowest BCUT2D eigenvalue weighted by Gasteiger charge is -2.20. The molecule has 0 amide bonds. The molecule has 0 fully saturated rings. The molecule has 0 aliphatic heterocycles. The Morgan fingerprint density at radius 2 is 2.17 bits per heavy atom. The van der Waals surface area contributed by atoms with Crippen LogP contribution in [0.25, 0.3) is 0 Å². The Balaban J connectivity index is 2.99. The summed E-state index contributed by atoms with van der Waals surface area (Å²) in [5.74, 6) is -1.80. The second kappa shape index (κ2) is 6.85. The molecule has 1 rings (SSSR count). The first-order valence-electron chi connectivity index (χ1n) is 5.80. The fourth-order valence-corrected chi connectivity index (χ4v) is 2.10. The monoisotopic (exact) mass is 318 g/mol. The van der Waals surface area contributed by atoms with E-state index in [0.717, 1.165) is 0 Å². The minimum Gasteiger partial charge on any atom is -0.466 e. The van der Waals surface area contributed by atoms with Gasteiger partial charge in [-0.05, 0) is 31.5 Å². The van der Waals surface area contributed by atoms with Crippen LogP contribution < -0.4 is 0 Å². The van der Waals surface area contributed by atoms with E-state index >= 15 is 0 Å². The van der Waals surface area contributed by atoms with Gasteiger partial charge in [-0.3, -0.25) is 4.79 Å². The lowest BCUT2D eigenvalue weighted by Crippen LogP contribution is -2.24. The van der Waals surface area contributed by atoms with Crippen molar-refractivity contribution < 1.29 is 19.0 Å². The van der Waals surface area contributed by atoms with Crippen LogP contribution in [-0.4, -0.2) is 17.7 Å². The molecule has 0 heterocycles. The van der Waals surface area contributed by atoms with E-state index in [-0.39, 0.29) is 12.2 Å². The van der Waals surface area contributed by atoms with Crippen molar-refractivity contribution >= 4 is 21.9 Å². The molecular formula is C13H16BrFO3. The summed E-state index contributed by atoms with van der Waals surface area (Å²) >= 11 is 3.21. The van der Waals surface area contributed by atoms with Crippen LogP contribution in [0.2, 0.25) is 0 Å². The number of halogens is 2. The van der Waals surface area contributed by atoms with E-state index < -0.39 is 23.8 Å². The van der Waals surface area contributed by atoms with Gasteiger partial charge in [0.05, 0.1) is 18.6 Å². The van der Waals surface area contributed by atoms with Crippen molar-refractivity contribution in [2.24, 2.45) is 5.92 Å². The van der Waals surface area contributed by atoms with Gasteiger partial charge >= 0.3 is 5.97 Å². The highest BCUT2D eigenvalue weighted by Crippen LogP contribution is 2.29. The van der Waals surface area contributed by atoms with E-state index in [0.29, 0.717) is 10.9 Å². The van der Waals surface area contributed by atoms with Gasteiger partial charge in [-0.2, -0.15) is 0 Å². The molecule has 3 nitrogen and oxygen atoms in total. The minimum absolute atomic E-state index is 0.101. The molecule has 18 heavy (non-hydrogen) atoms. The van der Waals surface area contributed by atoms with Gasteiger partial charge in [0, 0.05) is 10.0 Å². The summed E-state index contributed by atoms with van der Waals surface area (Å²) in [6.07, 6.45) is -0.821. The lowest BCUT2D eigenvalue weighted by atomic mass is 9.93. The van der Waals surface area contributed by atoms with Gasteiger partial charge in [0.25, 0.3) is 0 Å². The highest BCUT2D eigenvalue weighted by molar-refractivity contribution is 9.10. The van der Waals surface area contributed by atoms with Crippen LogP contribution in [0.1, 0.15) is 31.9 Å². The van der Waals surface area contributed by atoms with Crippen LogP contribution in [0, 0.1) is 11.7 Å². The van der Waals surface area contributed by atoms with Gasteiger partial charge in [0.2, 0.25) is 0 Å². The molecule has 0 saturated carbocycles. The number of carbonyl (C=O) groups excluding carboxylic acids is 1. The Labute approximate surface area is 114 Å². The second-order valence-corrected chi connectivity index (χ2v) is 4.79. The fourth-order valence-electron chi connectivity index (χ4n) is 1.73. The van der Waals surface area contributed by atoms with Crippen LogP contribution in [0.4, 0.5) is 4.39 Å². The smallest absolute Gasteiger partial charge is 0.311 e. The molecule has 0 bridgehead atoms. The van der Waals surface area contributed by atoms with Crippen molar-refractivity contribution in [2.45, 2.75) is 26.4 Å². The number of hydrogen-bond acceptors (Lipinski definition) is 3. The lowest BCUT2D eigenvalue weighted by molar-refractivity contribution is -0.152. The minimum atomic E-state index is -1.20. The van der Waals surface area contributed by atoms with Gasteiger partial charge in [-0.25, -0.2) is 4.39 Å². The van der Waals surface area contributed by atoms with Gasteiger partial charge in [0.15, 0.2) is 0 Å². The molecule has 1 aromatic carbocycles. The molecule has 100 valence electrons. The molecular weight excluding hydrogens is 303 g/mol. The van der Waals surface area contributed by atoms with E-state index in [2.05, 4.69) is 15.9 Å². The zero-order valence-electron chi connectivity index (χ0n) is 10.3. The van der Waals surface area contributed by atoms with E-state index in [1.807, 2.05) is 0 Å². The topological polar surface area (TPSA) is 46.5 Å². The molecule has 0 saturated heterocycles. The molecule has 1 N–H and O–H groups in total. The van der Waals surface area contributed by atoms with Crippen molar-refractivity contribution in [3.63, 3.8) is 0 Å². The first kappa shape index (κ1) is 15.1. The third-order valence-electron chi connectivity index (χ3n) is 2.69. The standard InChI is InChI=1S/C13H16BrFO3/c1-3-9(13(17)18-4-2)12(16)10-7-8(14)5-6-11(10)15/h5-7,9,12,16H,3-4H2,1-2H3. The summed E-state index contributed by atoms with van der Waals surface area (Å²) in [6, 6.07) is 4.26. The van der Waals surface area contributed by atoms with Crippen LogP contribution in [0.3, 0.4) is 0 Å². The summed E-state index contributed by atoms with van der Waals surface area (Å²) in [5, 5.41) is 10.1. The number of carbonyl (C=O) groups is 1. The molecule has 2 unspecified atom stereocenters. The first-order valence-corrected chi connectivity index (χ1v) is 6.60. The molecule has 5 heteroatoms. The maximum atomic E-state index is 13.6. The Morgan fingerprint density at radius 1 is 1.50 bits per heavy atom. The SMILES string of the molecule is CCOC(=O)C(CC)C(O)c1cc(Br)ccc1F. The predicted octanol–water partition coefficient (Wildman–Crippen LogP) is 3.21. The summed E-state index contributed by atoms with van der Waals surface area (Å²) < 4.78 is 19.2. The number of aliphatic hydroxyl groups excluding tert-OH is 1. The number of aliphatic hydroxyl groups is 1. The van der Waals surface area contributed by atoms with E-state index in [9.17, 15) is 14.3 Å². The van der Waals surface area contributed by atoms with Gasteiger partial charge in [-0.15, -0.1) is 0 Å². The third-order valence-corrected chi connectivity index (χ3v) is 3.18. The molecule has 0 radical (unpaired) electrons. The van der Waals surface area contributed by atoms with Crippen LogP contribution in [0.5, 0.6) is 0 Å². The summed E-state index contributed by atoms with van der Waals surface area (Å²) in [5.41, 5.74) is 0.101. The number of ether oxygens (including phenoxy) is 1. The summed E-state index contributed by atoms with van der Waals surface area (Å²) in [4.78, 5) is 11.7. The van der Waals surface area contributed by atoms with Crippen LogP contribution in [-0.2, 0) is 9.53 Å². The normalized spacial score (nSPS) is 14.1. The quantitative estimate of drug-likeness (QED) is 0.848. The zero-order chi connectivity index (χ0) is 13.7. The zero-order valence-corrected chi connectivity index (χ0v) is 11.9. The van der Waals surface area contributed by atoms with E-state index in [1.54, 1.807) is 13.8 Å². The maximum Gasteiger partial charge on any atom is 0.311 e. The summed E-state index contributed by atoms with van der Waals surface area (Å²) in [6.45, 7) is 3.68. The van der Waals surface area contributed by atoms with Crippen molar-refractivity contribution in [1.29, 1.82) is 0 Å². The van der Waals surface area contributed by atoms with Crippen molar-refractivity contribution in [2.75, 3.05) is 6.61 Å². The number of rotatable bonds is 5. The number of hydrogen-bond donors (Lipinski definition) is 1. The molecule has 1 aromatic rings. The Morgan fingerprint density at radius 3 is 2.72 bits per heavy atom. The number of esters is 1. The Kier molecular flexibility index (Phi) is 5.75. The Hall–Kier alpha value is -0.940. The van der Waals surface area contributed by atoms with Crippen LogP contribution >= 0.6 is 15.9 Å². The average Bonchev–Trinajstić information content (AvgIpc) is 2.33. The van der Waals surface area contributed by atoms with Gasteiger partial charge in [-0.1, -0.05) is 22.9 Å². The molecule has 2 atom stereocenters. The van der Waals surface area contributed by atoms with Gasteiger partial charge in [0.1, 0.15) is 5.82 Å². The molecule has 0 aliphatic rings. The van der Waals surface area contributed by atoms with Crippen molar-refractivity contribution in [1.82, 2.24) is 0 Å². The highest BCUT2D eigenvalue weighted by Gasteiger charge is 2.29. The first-order chi connectivity index (χ1) is 8.51. The van der Waals surface area contributed by atoms with Crippen molar-refractivity contribution in [3.8, 4) is 0 Å². The fraction of sp³-hybridized carbons (Fsp3) is 0.462. The molecule has 0 spiro atoms. The maximum absolute atomic E-state index is 13.6. The average molecular weight is 319 g/mol. The third kappa shape index (κ3) is 3.53. The van der Waals surface area contributed by atoms with Crippen molar-refractivity contribution in [3.05, 3.63) is 34.1 Å². The highest BCUT2D eigenvalue weighted by atomic mass is 79.9. The Bertz CT molecular complexity index is 423. The number of benzene rings is 1. The molecule has 0 aliphatic carbocycles. The van der Waals surface area contributed by atoms with E-state index in [1.165, 1.54) is 18.2 Å². The van der Waals surface area contributed by atoms with E-state index in [4.69, 9.17) is 4.74 Å². The van der Waals surface area contributed by atoms with Gasteiger partial charge < -0.3 is 9.84 Å².